The van der Waals surface area contributed by atoms with Crippen molar-refractivity contribution in [2.75, 3.05) is 0 Å². The molecule has 0 aliphatic rings. The minimum Gasteiger partial charge on any atom is -0.187 e. The fraction of sp³-hybridized carbons (Fsp3) is 0.0714. The van der Waals surface area contributed by atoms with Crippen LogP contribution in [0.3, 0.4) is 0 Å². The molecule has 0 atom stereocenters. The number of tetrazole rings is 1. The molecule has 0 fully saturated rings. The SMILES string of the molecule is Clc1ccc(CSc2nnnn2-c2ccc(Br)cc2)cc1. The fourth-order valence-corrected chi connectivity index (χ4v) is 2.98. The van der Waals surface area contributed by atoms with Crippen LogP contribution < -0.4 is 0 Å². The number of hydrogen-bond acceptors (Lipinski definition) is 4. The van der Waals surface area contributed by atoms with Crippen LogP contribution in [-0.4, -0.2) is 20.2 Å². The van der Waals surface area contributed by atoms with Gasteiger partial charge in [-0.3, -0.25) is 0 Å². The summed E-state index contributed by atoms with van der Waals surface area (Å²) in [5, 5.41) is 13.4. The van der Waals surface area contributed by atoms with Gasteiger partial charge in [-0.05, 0) is 52.4 Å². The molecular formula is C14H10BrClN4S. The molecule has 0 aliphatic carbocycles. The van der Waals surface area contributed by atoms with Gasteiger partial charge < -0.3 is 0 Å². The van der Waals surface area contributed by atoms with Crippen molar-refractivity contribution in [3.63, 3.8) is 0 Å². The van der Waals surface area contributed by atoms with Crippen LogP contribution in [0.15, 0.2) is 58.2 Å². The number of aromatic nitrogens is 4. The minimum absolute atomic E-state index is 0.739. The highest BCUT2D eigenvalue weighted by Gasteiger charge is 2.09. The molecule has 0 N–H and O–H groups in total. The van der Waals surface area contributed by atoms with Crippen LogP contribution in [0.4, 0.5) is 0 Å². The van der Waals surface area contributed by atoms with Crippen LogP contribution in [0.1, 0.15) is 5.56 Å². The van der Waals surface area contributed by atoms with E-state index in [1.807, 2.05) is 48.5 Å². The first kappa shape index (κ1) is 14.6. The third-order valence-electron chi connectivity index (χ3n) is 2.79. The van der Waals surface area contributed by atoms with Crippen LogP contribution in [0, 0.1) is 0 Å². The van der Waals surface area contributed by atoms with Gasteiger partial charge in [0.05, 0.1) is 5.69 Å². The Labute approximate surface area is 139 Å². The van der Waals surface area contributed by atoms with Gasteiger partial charge in [0.15, 0.2) is 0 Å². The van der Waals surface area contributed by atoms with E-state index in [1.165, 1.54) is 5.56 Å². The van der Waals surface area contributed by atoms with Crippen molar-refractivity contribution in [3.05, 3.63) is 63.6 Å². The average molecular weight is 382 g/mol. The first-order valence-electron chi connectivity index (χ1n) is 6.14. The second-order valence-corrected chi connectivity index (χ2v) is 6.56. The summed E-state index contributed by atoms with van der Waals surface area (Å²) in [6.07, 6.45) is 0. The van der Waals surface area contributed by atoms with Gasteiger partial charge in [0.25, 0.3) is 0 Å². The number of nitrogens with zero attached hydrogens (tertiary/aromatic N) is 4. The van der Waals surface area contributed by atoms with Gasteiger partial charge in [-0.15, -0.1) is 5.10 Å². The summed E-state index contributed by atoms with van der Waals surface area (Å²) >= 11 is 10.9. The highest BCUT2D eigenvalue weighted by Crippen LogP contribution is 2.23. The lowest BCUT2D eigenvalue weighted by atomic mass is 10.2. The smallest absolute Gasteiger partial charge is 0.187 e. The second kappa shape index (κ2) is 6.60. The summed E-state index contributed by atoms with van der Waals surface area (Å²) in [7, 11) is 0. The van der Waals surface area contributed by atoms with Crippen LogP contribution in [0.25, 0.3) is 5.69 Å². The van der Waals surface area contributed by atoms with E-state index in [2.05, 4.69) is 31.5 Å². The van der Waals surface area contributed by atoms with Gasteiger partial charge in [0.2, 0.25) is 5.16 Å². The molecular weight excluding hydrogens is 372 g/mol. The molecule has 3 aromatic rings. The third-order valence-corrected chi connectivity index (χ3v) is 4.56. The summed E-state index contributed by atoms with van der Waals surface area (Å²) in [4.78, 5) is 0. The Morgan fingerprint density at radius 2 is 1.76 bits per heavy atom. The fourth-order valence-electron chi connectivity index (χ4n) is 1.74. The molecule has 7 heteroatoms. The number of thioether (sulfide) groups is 1. The van der Waals surface area contributed by atoms with Crippen LogP contribution in [0.2, 0.25) is 5.02 Å². The lowest BCUT2D eigenvalue weighted by Crippen LogP contribution is -1.98. The van der Waals surface area contributed by atoms with Crippen molar-refractivity contribution < 1.29 is 0 Å². The molecule has 3 rings (SSSR count). The van der Waals surface area contributed by atoms with Crippen molar-refractivity contribution in [2.45, 2.75) is 10.9 Å². The highest BCUT2D eigenvalue weighted by molar-refractivity contribution is 9.10. The first-order chi connectivity index (χ1) is 10.2. The summed E-state index contributed by atoms with van der Waals surface area (Å²) in [6.45, 7) is 0. The monoisotopic (exact) mass is 380 g/mol. The largest absolute Gasteiger partial charge is 0.214 e. The standard InChI is InChI=1S/C14H10BrClN4S/c15-11-3-7-13(8-4-11)20-14(17-18-19-20)21-9-10-1-5-12(16)6-2-10/h1-8H,9H2. The van der Waals surface area contributed by atoms with E-state index >= 15 is 0 Å². The van der Waals surface area contributed by atoms with Crippen molar-refractivity contribution in [1.82, 2.24) is 20.2 Å². The van der Waals surface area contributed by atoms with Crippen molar-refractivity contribution in [1.29, 1.82) is 0 Å². The predicted molar refractivity (Wildman–Crippen MR) is 87.9 cm³/mol. The maximum Gasteiger partial charge on any atom is 0.214 e. The number of benzene rings is 2. The minimum atomic E-state index is 0.739. The van der Waals surface area contributed by atoms with E-state index in [4.69, 9.17) is 11.6 Å². The van der Waals surface area contributed by atoms with Crippen molar-refractivity contribution >= 4 is 39.3 Å². The van der Waals surface area contributed by atoms with Gasteiger partial charge in [-0.1, -0.05) is 51.4 Å². The first-order valence-corrected chi connectivity index (χ1v) is 8.29. The summed E-state index contributed by atoms with van der Waals surface area (Å²) in [6, 6.07) is 15.6. The highest BCUT2D eigenvalue weighted by atomic mass is 79.9. The Hall–Kier alpha value is -1.37. The Morgan fingerprint density at radius 3 is 2.48 bits per heavy atom. The average Bonchev–Trinajstić information content (AvgIpc) is 2.96. The number of hydrogen-bond donors (Lipinski definition) is 0. The van der Waals surface area contributed by atoms with E-state index in [0.29, 0.717) is 0 Å². The summed E-state index contributed by atoms with van der Waals surface area (Å²) < 4.78 is 2.75. The molecule has 1 heterocycles. The van der Waals surface area contributed by atoms with Gasteiger partial charge in [0, 0.05) is 15.2 Å². The van der Waals surface area contributed by atoms with Crippen LogP contribution in [-0.2, 0) is 5.75 Å². The zero-order valence-electron chi connectivity index (χ0n) is 10.8. The van der Waals surface area contributed by atoms with Crippen LogP contribution in [0.5, 0.6) is 0 Å². The molecule has 0 amide bonds. The maximum atomic E-state index is 5.88. The Kier molecular flexibility index (Phi) is 4.57. The zero-order chi connectivity index (χ0) is 14.7. The number of halogens is 2. The van der Waals surface area contributed by atoms with Crippen molar-refractivity contribution in [3.8, 4) is 5.69 Å². The Bertz CT molecular complexity index is 727. The van der Waals surface area contributed by atoms with E-state index in [-0.39, 0.29) is 0 Å². The van der Waals surface area contributed by atoms with E-state index in [9.17, 15) is 0 Å². The molecule has 0 saturated carbocycles. The van der Waals surface area contributed by atoms with E-state index in [1.54, 1.807) is 16.4 Å². The van der Waals surface area contributed by atoms with Gasteiger partial charge in [-0.25, -0.2) is 0 Å². The van der Waals surface area contributed by atoms with Gasteiger partial charge in [-0.2, -0.15) is 4.68 Å². The second-order valence-electron chi connectivity index (χ2n) is 4.26. The molecule has 2 aromatic carbocycles. The molecule has 21 heavy (non-hydrogen) atoms. The molecule has 106 valence electrons. The maximum absolute atomic E-state index is 5.88. The quantitative estimate of drug-likeness (QED) is 0.629. The molecule has 0 bridgehead atoms. The normalized spacial score (nSPS) is 10.8. The summed E-state index contributed by atoms with van der Waals surface area (Å²) in [5.41, 5.74) is 2.11. The number of rotatable bonds is 4. The molecule has 0 saturated heterocycles. The molecule has 0 unspecified atom stereocenters. The molecule has 0 radical (unpaired) electrons. The van der Waals surface area contributed by atoms with Gasteiger partial charge >= 0.3 is 0 Å². The van der Waals surface area contributed by atoms with E-state index < -0.39 is 0 Å². The lowest BCUT2D eigenvalue weighted by molar-refractivity contribution is 0.756. The predicted octanol–water partition coefficient (Wildman–Crippen LogP) is 4.37. The lowest BCUT2D eigenvalue weighted by Gasteiger charge is -2.04. The molecule has 4 nitrogen and oxygen atoms in total. The third kappa shape index (κ3) is 3.64. The Morgan fingerprint density at radius 1 is 1.05 bits per heavy atom. The summed E-state index contributed by atoms with van der Waals surface area (Å²) in [5.74, 6) is 0.786. The zero-order valence-corrected chi connectivity index (χ0v) is 13.9. The van der Waals surface area contributed by atoms with Crippen molar-refractivity contribution in [2.24, 2.45) is 0 Å². The van der Waals surface area contributed by atoms with E-state index in [0.717, 1.165) is 26.1 Å². The van der Waals surface area contributed by atoms with Crippen LogP contribution >= 0.6 is 39.3 Å². The molecule has 0 aliphatic heterocycles. The topological polar surface area (TPSA) is 43.6 Å². The molecule has 0 spiro atoms. The molecule has 1 aromatic heterocycles. The Balaban J connectivity index is 1.76. The van der Waals surface area contributed by atoms with Gasteiger partial charge in [0.1, 0.15) is 0 Å².